The quantitative estimate of drug-likeness (QED) is 0.786. The van der Waals surface area contributed by atoms with Crippen LogP contribution in [0.1, 0.15) is 19.3 Å². The van der Waals surface area contributed by atoms with Crippen LogP contribution < -0.4 is 10.2 Å². The molecular formula is C12H13FN2O. The largest absolute Gasteiger partial charge is 0.374 e. The van der Waals surface area contributed by atoms with Crippen LogP contribution in [0.5, 0.6) is 0 Å². The lowest BCUT2D eigenvalue weighted by molar-refractivity contribution is -0.118. The molecule has 0 atom stereocenters. The number of rotatable bonds is 1. The van der Waals surface area contributed by atoms with Crippen molar-refractivity contribution in [3.8, 4) is 0 Å². The number of hydrogen-bond donors (Lipinski definition) is 1. The SMILES string of the molecule is O=C1CNc2cc(F)ccc2N1C1CCC1. The van der Waals surface area contributed by atoms with E-state index in [1.807, 2.05) is 4.90 Å². The first-order chi connectivity index (χ1) is 7.75. The van der Waals surface area contributed by atoms with Crippen LogP contribution in [0.4, 0.5) is 15.8 Å². The van der Waals surface area contributed by atoms with Crippen molar-refractivity contribution in [2.45, 2.75) is 25.3 Å². The topological polar surface area (TPSA) is 32.3 Å². The van der Waals surface area contributed by atoms with E-state index in [0.29, 0.717) is 6.04 Å². The Bertz CT molecular complexity index is 443. The molecule has 1 aromatic carbocycles. The first-order valence-electron chi connectivity index (χ1n) is 5.61. The highest BCUT2D eigenvalue weighted by molar-refractivity contribution is 6.03. The molecule has 0 saturated heterocycles. The van der Waals surface area contributed by atoms with Gasteiger partial charge in [0.25, 0.3) is 0 Å². The normalized spacial score (nSPS) is 20.1. The van der Waals surface area contributed by atoms with E-state index in [1.54, 1.807) is 6.07 Å². The molecule has 84 valence electrons. The lowest BCUT2D eigenvalue weighted by atomic mass is 9.90. The first-order valence-corrected chi connectivity index (χ1v) is 5.61. The summed E-state index contributed by atoms with van der Waals surface area (Å²) in [6, 6.07) is 4.87. The lowest BCUT2D eigenvalue weighted by Gasteiger charge is -2.40. The van der Waals surface area contributed by atoms with Gasteiger partial charge in [0.05, 0.1) is 17.9 Å². The van der Waals surface area contributed by atoms with Crippen LogP contribution in [0, 0.1) is 5.82 Å². The summed E-state index contributed by atoms with van der Waals surface area (Å²) in [6.07, 6.45) is 3.30. The molecule has 1 aliphatic carbocycles. The number of carbonyl (C=O) groups excluding carboxylic acids is 1. The van der Waals surface area contributed by atoms with Gasteiger partial charge in [-0.25, -0.2) is 4.39 Å². The van der Waals surface area contributed by atoms with Crippen LogP contribution in [0.3, 0.4) is 0 Å². The predicted octanol–water partition coefficient (Wildman–Crippen LogP) is 2.14. The Balaban J connectivity index is 2.02. The molecule has 0 bridgehead atoms. The summed E-state index contributed by atoms with van der Waals surface area (Å²) >= 11 is 0. The number of halogens is 1. The van der Waals surface area contributed by atoms with Crippen molar-refractivity contribution in [3.63, 3.8) is 0 Å². The van der Waals surface area contributed by atoms with Crippen LogP contribution in [0.15, 0.2) is 18.2 Å². The van der Waals surface area contributed by atoms with Crippen molar-refractivity contribution in [1.82, 2.24) is 0 Å². The molecular weight excluding hydrogens is 207 g/mol. The van der Waals surface area contributed by atoms with Gasteiger partial charge in [0.15, 0.2) is 0 Å². The number of amides is 1. The van der Waals surface area contributed by atoms with Gasteiger partial charge in [0.1, 0.15) is 5.82 Å². The summed E-state index contributed by atoms with van der Waals surface area (Å²) in [5.41, 5.74) is 1.55. The van der Waals surface area contributed by atoms with Crippen molar-refractivity contribution < 1.29 is 9.18 Å². The highest BCUT2D eigenvalue weighted by Gasteiger charge is 2.33. The van der Waals surface area contributed by atoms with Crippen molar-refractivity contribution in [2.24, 2.45) is 0 Å². The molecule has 1 aromatic rings. The van der Waals surface area contributed by atoms with E-state index < -0.39 is 0 Å². The van der Waals surface area contributed by atoms with Gasteiger partial charge >= 0.3 is 0 Å². The van der Waals surface area contributed by atoms with Gasteiger partial charge in [-0.15, -0.1) is 0 Å². The fourth-order valence-corrected chi connectivity index (χ4v) is 2.30. The van der Waals surface area contributed by atoms with Crippen LogP contribution in [0.2, 0.25) is 0 Å². The molecule has 3 rings (SSSR count). The van der Waals surface area contributed by atoms with Crippen LogP contribution >= 0.6 is 0 Å². The van der Waals surface area contributed by atoms with E-state index in [1.165, 1.54) is 18.6 Å². The Morgan fingerprint density at radius 1 is 1.38 bits per heavy atom. The maximum absolute atomic E-state index is 13.1. The van der Waals surface area contributed by atoms with Gasteiger partial charge < -0.3 is 10.2 Å². The van der Waals surface area contributed by atoms with E-state index >= 15 is 0 Å². The summed E-state index contributed by atoms with van der Waals surface area (Å²) in [7, 11) is 0. The third-order valence-corrected chi connectivity index (χ3v) is 3.36. The molecule has 2 aliphatic rings. The van der Waals surface area contributed by atoms with Crippen molar-refractivity contribution in [3.05, 3.63) is 24.0 Å². The van der Waals surface area contributed by atoms with Gasteiger partial charge in [0, 0.05) is 6.04 Å². The van der Waals surface area contributed by atoms with E-state index in [0.717, 1.165) is 24.2 Å². The number of carbonyl (C=O) groups is 1. The number of hydrogen-bond acceptors (Lipinski definition) is 2. The molecule has 1 heterocycles. The second-order valence-corrected chi connectivity index (χ2v) is 4.36. The third-order valence-electron chi connectivity index (χ3n) is 3.36. The second-order valence-electron chi connectivity index (χ2n) is 4.36. The lowest BCUT2D eigenvalue weighted by Crippen LogP contribution is -2.49. The fourth-order valence-electron chi connectivity index (χ4n) is 2.30. The standard InChI is InChI=1S/C12H13FN2O/c13-8-4-5-11-10(6-8)14-7-12(16)15(11)9-2-1-3-9/h4-6,9,14H,1-3,7H2. The van der Waals surface area contributed by atoms with E-state index in [-0.39, 0.29) is 18.3 Å². The zero-order valence-corrected chi connectivity index (χ0v) is 8.87. The average Bonchev–Trinajstić information content (AvgIpc) is 2.19. The van der Waals surface area contributed by atoms with Gasteiger partial charge in [-0.3, -0.25) is 4.79 Å². The highest BCUT2D eigenvalue weighted by Crippen LogP contribution is 2.36. The zero-order chi connectivity index (χ0) is 11.1. The number of fused-ring (bicyclic) bond motifs is 1. The summed E-state index contributed by atoms with van der Waals surface area (Å²) in [5.74, 6) is -0.182. The van der Waals surface area contributed by atoms with E-state index in [4.69, 9.17) is 0 Å². The van der Waals surface area contributed by atoms with Gasteiger partial charge in [0.2, 0.25) is 5.91 Å². The van der Waals surface area contributed by atoms with Crippen molar-refractivity contribution >= 4 is 17.3 Å². The Labute approximate surface area is 93.2 Å². The molecule has 4 heteroatoms. The minimum atomic E-state index is -0.269. The minimum absolute atomic E-state index is 0.0869. The molecule has 3 nitrogen and oxygen atoms in total. The molecule has 1 aliphatic heterocycles. The van der Waals surface area contributed by atoms with E-state index in [2.05, 4.69) is 5.32 Å². The van der Waals surface area contributed by atoms with Crippen molar-refractivity contribution in [1.29, 1.82) is 0 Å². The minimum Gasteiger partial charge on any atom is -0.374 e. The molecule has 0 aromatic heterocycles. The fraction of sp³-hybridized carbons (Fsp3) is 0.417. The predicted molar refractivity (Wildman–Crippen MR) is 60.0 cm³/mol. The molecule has 1 saturated carbocycles. The number of anilines is 2. The second kappa shape index (κ2) is 3.47. The Morgan fingerprint density at radius 3 is 2.88 bits per heavy atom. The van der Waals surface area contributed by atoms with E-state index in [9.17, 15) is 9.18 Å². The number of nitrogens with one attached hydrogen (secondary N) is 1. The van der Waals surface area contributed by atoms with Crippen LogP contribution in [0.25, 0.3) is 0 Å². The monoisotopic (exact) mass is 220 g/mol. The average molecular weight is 220 g/mol. The van der Waals surface area contributed by atoms with Crippen LogP contribution in [-0.4, -0.2) is 18.5 Å². The summed E-state index contributed by atoms with van der Waals surface area (Å²) < 4.78 is 13.1. The van der Waals surface area contributed by atoms with Gasteiger partial charge in [-0.2, -0.15) is 0 Å². The molecule has 0 unspecified atom stereocenters. The highest BCUT2D eigenvalue weighted by atomic mass is 19.1. The van der Waals surface area contributed by atoms with Crippen LogP contribution in [-0.2, 0) is 4.79 Å². The van der Waals surface area contributed by atoms with Gasteiger partial charge in [-0.1, -0.05) is 0 Å². The Hall–Kier alpha value is -1.58. The van der Waals surface area contributed by atoms with Gasteiger partial charge in [-0.05, 0) is 37.5 Å². The number of benzene rings is 1. The summed E-state index contributed by atoms with van der Waals surface area (Å²) in [5, 5.41) is 2.96. The molecule has 0 spiro atoms. The number of nitrogens with zero attached hydrogens (tertiary/aromatic N) is 1. The summed E-state index contributed by atoms with van der Waals surface area (Å²) in [6.45, 7) is 0.271. The smallest absolute Gasteiger partial charge is 0.246 e. The molecule has 16 heavy (non-hydrogen) atoms. The summed E-state index contributed by atoms with van der Waals surface area (Å²) in [4.78, 5) is 13.7. The molecule has 1 N–H and O–H groups in total. The molecule has 1 fully saturated rings. The first kappa shape index (κ1) is 9.63. The zero-order valence-electron chi connectivity index (χ0n) is 8.87. The third kappa shape index (κ3) is 1.37. The molecule has 0 radical (unpaired) electrons. The maximum Gasteiger partial charge on any atom is 0.246 e. The Morgan fingerprint density at radius 2 is 2.19 bits per heavy atom. The van der Waals surface area contributed by atoms with Crippen molar-refractivity contribution in [2.75, 3.05) is 16.8 Å². The Kier molecular flexibility index (Phi) is 2.09. The maximum atomic E-state index is 13.1. The molecule has 1 amide bonds.